The van der Waals surface area contributed by atoms with Crippen LogP contribution in [-0.4, -0.2) is 58.1 Å². The van der Waals surface area contributed by atoms with Gasteiger partial charge in [0.1, 0.15) is 10.6 Å². The number of rotatable bonds is 11. The van der Waals surface area contributed by atoms with Crippen LogP contribution in [-0.2, 0) is 11.3 Å². The van der Waals surface area contributed by atoms with Crippen LogP contribution in [0.15, 0.2) is 30.5 Å². The highest BCUT2D eigenvalue weighted by molar-refractivity contribution is 6.32. The van der Waals surface area contributed by atoms with Crippen molar-refractivity contribution in [3.05, 3.63) is 46.6 Å². The van der Waals surface area contributed by atoms with Crippen LogP contribution in [0.4, 0.5) is 16.6 Å². The fraction of sp³-hybridized carbons (Fsp3) is 0.556. The smallest absolute Gasteiger partial charge is 0.407 e. The maximum absolute atomic E-state index is 13.2. The van der Waals surface area contributed by atoms with E-state index in [9.17, 15) is 9.59 Å². The molecule has 1 fully saturated rings. The van der Waals surface area contributed by atoms with Crippen molar-refractivity contribution in [1.82, 2.24) is 25.6 Å². The minimum absolute atomic E-state index is 0.0907. The van der Waals surface area contributed by atoms with Crippen LogP contribution in [0.2, 0.25) is 5.02 Å². The number of carbonyl (C=O) groups excluding carboxylic acids is 2. The monoisotopic (exact) mass is 545 g/mol. The number of hydrazine groups is 1. The Kier molecular flexibility index (Phi) is 10.6. The first-order valence-corrected chi connectivity index (χ1v) is 13.6. The second-order valence-electron chi connectivity index (χ2n) is 10.5. The number of nitrogen functional groups attached to an aromatic ring is 1. The van der Waals surface area contributed by atoms with Crippen molar-refractivity contribution in [2.75, 3.05) is 30.4 Å². The molecule has 0 radical (unpaired) electrons. The minimum atomic E-state index is -0.506. The largest absolute Gasteiger partial charge is 0.444 e. The Balaban J connectivity index is 1.55. The summed E-state index contributed by atoms with van der Waals surface area (Å²) in [6, 6.07) is 7.67. The molecular formula is C27H40ClN7O3. The maximum atomic E-state index is 13.2. The van der Waals surface area contributed by atoms with Gasteiger partial charge in [0.25, 0.3) is 5.91 Å². The number of anilines is 2. The first-order valence-electron chi connectivity index (χ1n) is 13.2. The Morgan fingerprint density at radius 3 is 2.50 bits per heavy atom. The fourth-order valence-corrected chi connectivity index (χ4v) is 4.55. The number of amides is 2. The summed E-state index contributed by atoms with van der Waals surface area (Å²) in [6.07, 6.45) is 5.88. The number of ether oxygens (including phenoxy) is 1. The van der Waals surface area contributed by atoms with Crippen molar-refractivity contribution in [3.8, 4) is 0 Å². The molecule has 1 heterocycles. The van der Waals surface area contributed by atoms with Gasteiger partial charge < -0.3 is 15.8 Å². The van der Waals surface area contributed by atoms with Gasteiger partial charge in [-0.15, -0.1) is 0 Å². The number of nitrogens with two attached hydrogens (primary N) is 1. The summed E-state index contributed by atoms with van der Waals surface area (Å²) in [5.74, 6) is 0.278. The molecular weight excluding hydrogens is 506 g/mol. The molecule has 0 saturated heterocycles. The van der Waals surface area contributed by atoms with Crippen molar-refractivity contribution in [3.63, 3.8) is 0 Å². The quantitative estimate of drug-likeness (QED) is 0.277. The van der Waals surface area contributed by atoms with Crippen LogP contribution in [0.3, 0.4) is 0 Å². The van der Waals surface area contributed by atoms with Gasteiger partial charge in [-0.3, -0.25) is 20.1 Å². The van der Waals surface area contributed by atoms with Gasteiger partial charge in [0.2, 0.25) is 5.95 Å². The zero-order chi connectivity index (χ0) is 27.7. The molecule has 11 heteroatoms. The molecule has 3 rings (SSSR count). The summed E-state index contributed by atoms with van der Waals surface area (Å²) in [5, 5.41) is 4.88. The van der Waals surface area contributed by atoms with Crippen LogP contribution in [0.5, 0.6) is 0 Å². The molecule has 0 unspecified atom stereocenters. The number of nitrogens with one attached hydrogen (secondary N) is 2. The number of aromatic nitrogens is 2. The topological polar surface area (TPSA) is 126 Å². The number of benzene rings is 1. The van der Waals surface area contributed by atoms with Gasteiger partial charge in [0, 0.05) is 25.2 Å². The molecule has 208 valence electrons. The number of alkyl carbamates (subject to hydrolysis) is 1. The van der Waals surface area contributed by atoms with Crippen LogP contribution in [0.1, 0.15) is 75.7 Å². The van der Waals surface area contributed by atoms with Crippen molar-refractivity contribution >= 4 is 35.4 Å². The third-order valence-corrected chi connectivity index (χ3v) is 6.54. The van der Waals surface area contributed by atoms with E-state index >= 15 is 0 Å². The molecule has 4 N–H and O–H groups in total. The van der Waals surface area contributed by atoms with E-state index in [0.717, 1.165) is 57.3 Å². The zero-order valence-electron chi connectivity index (χ0n) is 22.8. The van der Waals surface area contributed by atoms with Gasteiger partial charge in [0.15, 0.2) is 5.82 Å². The Morgan fingerprint density at radius 2 is 1.87 bits per heavy atom. The molecule has 0 bridgehead atoms. The molecule has 10 nitrogen and oxygen atoms in total. The van der Waals surface area contributed by atoms with Crippen molar-refractivity contribution < 1.29 is 14.3 Å². The van der Waals surface area contributed by atoms with E-state index in [1.165, 1.54) is 6.20 Å². The average molecular weight is 546 g/mol. The summed E-state index contributed by atoms with van der Waals surface area (Å²) in [6.45, 7) is 10.6. The summed E-state index contributed by atoms with van der Waals surface area (Å²) >= 11 is 6.36. The summed E-state index contributed by atoms with van der Waals surface area (Å²) in [5.41, 5.74) is 9.93. The van der Waals surface area contributed by atoms with Crippen LogP contribution < -0.4 is 21.5 Å². The molecule has 0 spiro atoms. The molecule has 1 aromatic heterocycles. The summed E-state index contributed by atoms with van der Waals surface area (Å²) in [4.78, 5) is 35.5. The molecule has 2 aromatic rings. The summed E-state index contributed by atoms with van der Waals surface area (Å²) in [7, 11) is 0. The van der Waals surface area contributed by atoms with Crippen LogP contribution in [0, 0.1) is 0 Å². The Bertz CT molecular complexity index is 1070. The predicted molar refractivity (Wildman–Crippen MR) is 150 cm³/mol. The molecule has 0 atom stereocenters. The van der Waals surface area contributed by atoms with E-state index in [2.05, 4.69) is 32.5 Å². The lowest BCUT2D eigenvalue weighted by atomic mass is 10.1. The third-order valence-electron chi connectivity index (χ3n) is 6.27. The van der Waals surface area contributed by atoms with Gasteiger partial charge in [-0.2, -0.15) is 4.98 Å². The van der Waals surface area contributed by atoms with Crippen molar-refractivity contribution in [2.24, 2.45) is 0 Å². The lowest BCUT2D eigenvalue weighted by Crippen LogP contribution is -2.48. The SMILES string of the molecule is CCN(CCCNC(=O)OC(C)(C)C)Cc1ccc(C(=O)NN(c2nc(N)ncc2Cl)C2CCCC2)cc1. The lowest BCUT2D eigenvalue weighted by Gasteiger charge is -2.30. The minimum Gasteiger partial charge on any atom is -0.444 e. The van der Waals surface area contributed by atoms with E-state index in [0.29, 0.717) is 22.9 Å². The third kappa shape index (κ3) is 9.02. The van der Waals surface area contributed by atoms with Gasteiger partial charge >= 0.3 is 6.09 Å². The average Bonchev–Trinajstić information content (AvgIpc) is 3.40. The Labute approximate surface area is 230 Å². The number of carbonyl (C=O) groups is 2. The fourth-order valence-electron chi connectivity index (χ4n) is 4.37. The van der Waals surface area contributed by atoms with Gasteiger partial charge in [-0.05, 0) is 64.3 Å². The second-order valence-corrected chi connectivity index (χ2v) is 10.9. The molecule has 1 saturated carbocycles. The number of halogens is 1. The number of hydrogen-bond donors (Lipinski definition) is 3. The highest BCUT2D eigenvalue weighted by Gasteiger charge is 2.28. The first-order chi connectivity index (χ1) is 18.1. The molecule has 38 heavy (non-hydrogen) atoms. The normalized spacial score (nSPS) is 13.9. The first kappa shape index (κ1) is 29.4. The second kappa shape index (κ2) is 13.6. The van der Waals surface area contributed by atoms with Gasteiger partial charge in [-0.1, -0.05) is 43.5 Å². The van der Waals surface area contributed by atoms with E-state index < -0.39 is 11.7 Å². The van der Waals surface area contributed by atoms with E-state index in [-0.39, 0.29) is 17.9 Å². The van der Waals surface area contributed by atoms with E-state index in [1.807, 2.05) is 45.0 Å². The lowest BCUT2D eigenvalue weighted by molar-refractivity contribution is 0.0525. The molecule has 1 aromatic carbocycles. The molecule has 1 aliphatic carbocycles. The van der Waals surface area contributed by atoms with Gasteiger partial charge in [-0.25, -0.2) is 9.78 Å². The van der Waals surface area contributed by atoms with Crippen molar-refractivity contribution in [2.45, 2.75) is 78.0 Å². The molecule has 2 amide bonds. The molecule has 1 aliphatic rings. The highest BCUT2D eigenvalue weighted by atomic mass is 35.5. The Morgan fingerprint density at radius 1 is 1.18 bits per heavy atom. The number of nitrogens with zero attached hydrogens (tertiary/aromatic N) is 4. The predicted octanol–water partition coefficient (Wildman–Crippen LogP) is 4.54. The summed E-state index contributed by atoms with van der Waals surface area (Å²) < 4.78 is 5.27. The zero-order valence-corrected chi connectivity index (χ0v) is 23.6. The van der Waals surface area contributed by atoms with Crippen LogP contribution >= 0.6 is 11.6 Å². The van der Waals surface area contributed by atoms with E-state index in [4.69, 9.17) is 22.1 Å². The van der Waals surface area contributed by atoms with E-state index in [1.54, 1.807) is 5.01 Å². The standard InChI is InChI=1S/C27H40ClN7O3/c1-5-34(16-8-15-30-26(37)38-27(2,3)4)18-19-11-13-20(14-12-19)24(36)33-35(21-9-6-7-10-21)23-22(28)17-31-25(29)32-23/h11-14,17,21H,5-10,15-16,18H2,1-4H3,(H,30,37)(H,33,36)(H2,29,31,32). The Hall–Kier alpha value is -3.11. The molecule has 0 aliphatic heterocycles. The maximum Gasteiger partial charge on any atom is 0.407 e. The van der Waals surface area contributed by atoms with Crippen molar-refractivity contribution in [1.29, 1.82) is 0 Å². The van der Waals surface area contributed by atoms with Crippen LogP contribution in [0.25, 0.3) is 0 Å². The highest BCUT2D eigenvalue weighted by Crippen LogP contribution is 2.30. The van der Waals surface area contributed by atoms with Gasteiger partial charge in [0.05, 0.1) is 12.2 Å². The number of hydrogen-bond acceptors (Lipinski definition) is 8.